The molecule has 1 spiro atoms. The van der Waals surface area contributed by atoms with Crippen molar-refractivity contribution in [2.24, 2.45) is 23.0 Å². The number of amides is 2. The Labute approximate surface area is 167 Å². The number of primary amides is 1. The Kier molecular flexibility index (Phi) is 5.69. The summed E-state index contributed by atoms with van der Waals surface area (Å²) in [5.74, 6) is 0.272. The van der Waals surface area contributed by atoms with E-state index in [-0.39, 0.29) is 29.1 Å². The van der Waals surface area contributed by atoms with E-state index in [4.69, 9.17) is 5.73 Å². The summed E-state index contributed by atoms with van der Waals surface area (Å²) in [7, 11) is 0. The summed E-state index contributed by atoms with van der Waals surface area (Å²) in [6.45, 7) is 4.97. The van der Waals surface area contributed by atoms with Crippen LogP contribution in [0.5, 0.6) is 0 Å². The average molecular weight is 385 g/mol. The van der Waals surface area contributed by atoms with Gasteiger partial charge in [0, 0.05) is 24.1 Å². The van der Waals surface area contributed by atoms with Crippen molar-refractivity contribution in [3.05, 3.63) is 29.8 Å². The molecule has 0 bridgehead atoms. The van der Waals surface area contributed by atoms with E-state index in [1.807, 2.05) is 12.1 Å². The third-order valence-electron chi connectivity index (χ3n) is 7.03. The minimum atomic E-state index is -0.158. The maximum absolute atomic E-state index is 12.6. The van der Waals surface area contributed by atoms with Crippen molar-refractivity contribution >= 4 is 17.5 Å². The summed E-state index contributed by atoms with van der Waals surface area (Å²) in [4.78, 5) is 26.2. The van der Waals surface area contributed by atoms with E-state index in [2.05, 4.69) is 27.7 Å². The molecule has 1 saturated carbocycles. The predicted molar refractivity (Wildman–Crippen MR) is 110 cm³/mol. The first-order valence-corrected chi connectivity index (χ1v) is 10.7. The molecule has 28 heavy (non-hydrogen) atoms. The molecule has 0 aromatic heterocycles. The molecule has 4 rings (SSSR count). The number of carbonyl (C=O) groups is 2. The molecule has 152 valence electrons. The van der Waals surface area contributed by atoms with E-state index in [9.17, 15) is 9.59 Å². The number of benzene rings is 1. The zero-order valence-electron chi connectivity index (χ0n) is 16.6. The van der Waals surface area contributed by atoms with E-state index in [0.29, 0.717) is 0 Å². The molecule has 1 aliphatic carbocycles. The second kappa shape index (κ2) is 8.21. The molecule has 3 aliphatic rings. The maximum atomic E-state index is 12.6. The van der Waals surface area contributed by atoms with Gasteiger partial charge < -0.3 is 21.3 Å². The number of nitrogens with one attached hydrogen (secondary N) is 2. The number of likely N-dealkylation sites (tertiary alicyclic amines) is 1. The summed E-state index contributed by atoms with van der Waals surface area (Å²) >= 11 is 0. The summed E-state index contributed by atoms with van der Waals surface area (Å²) in [6, 6.07) is 8.26. The fourth-order valence-corrected chi connectivity index (χ4v) is 4.91. The van der Waals surface area contributed by atoms with Crippen molar-refractivity contribution in [2.75, 3.05) is 38.0 Å². The molecule has 3 fully saturated rings. The molecule has 1 unspecified atom stereocenters. The monoisotopic (exact) mass is 384 g/mol. The van der Waals surface area contributed by atoms with Crippen LogP contribution >= 0.6 is 0 Å². The molecule has 4 N–H and O–H groups in total. The molecule has 1 aromatic carbocycles. The van der Waals surface area contributed by atoms with Gasteiger partial charge in [0.25, 0.3) is 0 Å². The van der Waals surface area contributed by atoms with E-state index in [0.717, 1.165) is 76.9 Å². The van der Waals surface area contributed by atoms with Crippen LogP contribution in [0.25, 0.3) is 0 Å². The minimum absolute atomic E-state index is 0.0506. The van der Waals surface area contributed by atoms with Gasteiger partial charge in [-0.15, -0.1) is 0 Å². The fraction of sp³-hybridized carbons (Fsp3) is 0.636. The van der Waals surface area contributed by atoms with Crippen LogP contribution in [0.4, 0.5) is 5.69 Å². The Balaban J connectivity index is 1.21. The molecular formula is C22H32N4O2. The minimum Gasteiger partial charge on any atom is -0.369 e. The lowest BCUT2D eigenvalue weighted by molar-refractivity contribution is -0.123. The van der Waals surface area contributed by atoms with Crippen LogP contribution in [0.2, 0.25) is 0 Å². The van der Waals surface area contributed by atoms with Gasteiger partial charge in [-0.25, -0.2) is 0 Å². The van der Waals surface area contributed by atoms with Crippen LogP contribution < -0.4 is 16.4 Å². The summed E-state index contributed by atoms with van der Waals surface area (Å²) in [5.41, 5.74) is 7.84. The summed E-state index contributed by atoms with van der Waals surface area (Å²) < 4.78 is 0. The Bertz CT molecular complexity index is 704. The number of hydrogen-bond acceptors (Lipinski definition) is 4. The standard InChI is InChI=1S/C22H32N4O2/c23-20(27)17-6-13-26(14-7-17)12-5-16-1-3-18(4-2-16)25-21(28)19-15-22(19)8-10-24-11-9-22/h1-4,17,19,24H,5-15H2,(H2,23,27)(H,25,28). The van der Waals surface area contributed by atoms with E-state index in [1.165, 1.54) is 5.56 Å². The van der Waals surface area contributed by atoms with Crippen LogP contribution in [0.1, 0.15) is 37.7 Å². The molecule has 6 nitrogen and oxygen atoms in total. The molecule has 1 aromatic rings. The lowest BCUT2D eigenvalue weighted by atomic mass is 9.92. The van der Waals surface area contributed by atoms with Crippen LogP contribution in [0.15, 0.2) is 24.3 Å². The third kappa shape index (κ3) is 4.39. The molecule has 2 heterocycles. The Morgan fingerprint density at radius 1 is 1.14 bits per heavy atom. The number of piperidine rings is 2. The van der Waals surface area contributed by atoms with Gasteiger partial charge in [-0.2, -0.15) is 0 Å². The number of anilines is 1. The van der Waals surface area contributed by atoms with Crippen molar-refractivity contribution in [1.29, 1.82) is 0 Å². The first-order chi connectivity index (χ1) is 13.6. The first kappa shape index (κ1) is 19.4. The smallest absolute Gasteiger partial charge is 0.228 e. The highest BCUT2D eigenvalue weighted by atomic mass is 16.2. The van der Waals surface area contributed by atoms with Crippen molar-refractivity contribution in [1.82, 2.24) is 10.2 Å². The number of hydrogen-bond donors (Lipinski definition) is 3. The Hall–Kier alpha value is -1.92. The van der Waals surface area contributed by atoms with Crippen LogP contribution in [-0.2, 0) is 16.0 Å². The number of nitrogens with two attached hydrogens (primary N) is 1. The summed E-state index contributed by atoms with van der Waals surface area (Å²) in [5, 5.41) is 6.49. The zero-order chi connectivity index (χ0) is 19.6. The molecule has 6 heteroatoms. The highest BCUT2D eigenvalue weighted by molar-refractivity contribution is 5.95. The van der Waals surface area contributed by atoms with Crippen molar-refractivity contribution < 1.29 is 9.59 Å². The number of rotatable bonds is 6. The molecule has 2 saturated heterocycles. The highest BCUT2D eigenvalue weighted by Gasteiger charge is 2.57. The summed E-state index contributed by atoms with van der Waals surface area (Å²) in [6.07, 6.45) is 6.03. The fourth-order valence-electron chi connectivity index (χ4n) is 4.91. The van der Waals surface area contributed by atoms with Gasteiger partial charge in [-0.3, -0.25) is 9.59 Å². The lowest BCUT2D eigenvalue weighted by Crippen LogP contribution is -2.39. The first-order valence-electron chi connectivity index (χ1n) is 10.7. The van der Waals surface area contributed by atoms with Gasteiger partial charge in [0.2, 0.25) is 11.8 Å². The van der Waals surface area contributed by atoms with Gasteiger partial charge in [-0.05, 0) is 87.8 Å². The quantitative estimate of drug-likeness (QED) is 0.697. The second-order valence-corrected chi connectivity index (χ2v) is 8.82. The number of nitrogens with zero attached hydrogens (tertiary/aromatic N) is 1. The van der Waals surface area contributed by atoms with Crippen molar-refractivity contribution in [3.8, 4) is 0 Å². The number of carbonyl (C=O) groups excluding carboxylic acids is 2. The van der Waals surface area contributed by atoms with E-state index in [1.54, 1.807) is 0 Å². The van der Waals surface area contributed by atoms with Crippen LogP contribution in [0, 0.1) is 17.3 Å². The third-order valence-corrected chi connectivity index (χ3v) is 7.03. The van der Waals surface area contributed by atoms with E-state index < -0.39 is 0 Å². The highest BCUT2D eigenvalue weighted by Crippen LogP contribution is 2.58. The van der Waals surface area contributed by atoms with Gasteiger partial charge in [0.05, 0.1) is 0 Å². The second-order valence-electron chi connectivity index (χ2n) is 8.82. The molecule has 2 amide bonds. The maximum Gasteiger partial charge on any atom is 0.228 e. The van der Waals surface area contributed by atoms with Crippen molar-refractivity contribution in [3.63, 3.8) is 0 Å². The predicted octanol–water partition coefficient (Wildman–Crippen LogP) is 1.75. The van der Waals surface area contributed by atoms with Crippen molar-refractivity contribution in [2.45, 2.75) is 38.5 Å². The van der Waals surface area contributed by atoms with Gasteiger partial charge in [0.15, 0.2) is 0 Å². The molecule has 1 atom stereocenters. The molecule has 2 aliphatic heterocycles. The molecular weight excluding hydrogens is 352 g/mol. The Morgan fingerprint density at radius 3 is 2.46 bits per heavy atom. The SMILES string of the molecule is NC(=O)C1CCN(CCc2ccc(NC(=O)C3CC34CCNCC4)cc2)CC1. The largest absolute Gasteiger partial charge is 0.369 e. The lowest BCUT2D eigenvalue weighted by Gasteiger charge is -2.30. The van der Waals surface area contributed by atoms with Gasteiger partial charge in [-0.1, -0.05) is 12.1 Å². The normalized spacial score (nSPS) is 24.8. The average Bonchev–Trinajstić information content (AvgIpc) is 3.41. The van der Waals surface area contributed by atoms with Crippen LogP contribution in [0.3, 0.4) is 0 Å². The van der Waals surface area contributed by atoms with E-state index >= 15 is 0 Å². The van der Waals surface area contributed by atoms with Crippen LogP contribution in [-0.4, -0.2) is 49.4 Å². The molecule has 0 radical (unpaired) electrons. The zero-order valence-corrected chi connectivity index (χ0v) is 16.6. The van der Waals surface area contributed by atoms with Gasteiger partial charge in [0.1, 0.15) is 0 Å². The Morgan fingerprint density at radius 2 is 1.82 bits per heavy atom. The van der Waals surface area contributed by atoms with Gasteiger partial charge >= 0.3 is 0 Å². The topological polar surface area (TPSA) is 87.5 Å².